The number of nitro groups is 1. The van der Waals surface area contributed by atoms with Gasteiger partial charge in [-0.15, -0.1) is 0 Å². The number of hydrogen-bond acceptors (Lipinski definition) is 5. The number of hydrogen-bond donors (Lipinski definition) is 1. The molecule has 0 unspecified atom stereocenters. The quantitative estimate of drug-likeness (QED) is 0.530. The Hall–Kier alpha value is -2.86. The molecule has 2 aromatic carbocycles. The average Bonchev–Trinajstić information content (AvgIpc) is 3.03. The highest BCUT2D eigenvalue weighted by molar-refractivity contribution is 6.30. The monoisotopic (exact) mass is 343 g/mol. The van der Waals surface area contributed by atoms with E-state index in [2.05, 4.69) is 10.3 Å². The van der Waals surface area contributed by atoms with E-state index in [9.17, 15) is 10.1 Å². The molecule has 6 nitrogen and oxygen atoms in total. The van der Waals surface area contributed by atoms with Gasteiger partial charge >= 0.3 is 0 Å². The Kier molecular flexibility index (Phi) is 4.48. The molecule has 0 atom stereocenters. The van der Waals surface area contributed by atoms with E-state index in [1.54, 1.807) is 24.4 Å². The molecule has 0 radical (unpaired) electrons. The Labute approximate surface area is 143 Å². The topological polar surface area (TPSA) is 81.2 Å². The number of rotatable bonds is 5. The molecule has 122 valence electrons. The minimum atomic E-state index is -0.422. The summed E-state index contributed by atoms with van der Waals surface area (Å²) in [6, 6.07) is 11.9. The van der Waals surface area contributed by atoms with Crippen LogP contribution in [0.3, 0.4) is 0 Å². The first kappa shape index (κ1) is 16.0. The smallest absolute Gasteiger partial charge is 0.271 e. The van der Waals surface area contributed by atoms with Gasteiger partial charge in [-0.05, 0) is 36.8 Å². The number of nitrogens with zero attached hydrogens (tertiary/aromatic N) is 2. The molecule has 1 heterocycles. The van der Waals surface area contributed by atoms with Crippen LogP contribution in [0, 0.1) is 17.0 Å². The molecule has 7 heteroatoms. The van der Waals surface area contributed by atoms with Crippen LogP contribution in [0.2, 0.25) is 5.02 Å². The van der Waals surface area contributed by atoms with Crippen LogP contribution in [0.15, 0.2) is 53.1 Å². The summed E-state index contributed by atoms with van der Waals surface area (Å²) in [5.74, 6) is 1.13. The van der Waals surface area contributed by atoms with Crippen LogP contribution in [-0.4, -0.2) is 9.91 Å². The molecule has 24 heavy (non-hydrogen) atoms. The van der Waals surface area contributed by atoms with E-state index in [0.717, 1.165) is 11.1 Å². The van der Waals surface area contributed by atoms with E-state index in [0.29, 0.717) is 28.9 Å². The van der Waals surface area contributed by atoms with Crippen LogP contribution in [0.5, 0.6) is 0 Å². The van der Waals surface area contributed by atoms with Crippen molar-refractivity contribution in [3.8, 4) is 11.3 Å². The summed E-state index contributed by atoms with van der Waals surface area (Å²) in [6.07, 6.45) is 1.64. The van der Waals surface area contributed by atoms with Crippen LogP contribution in [-0.2, 0) is 6.54 Å². The van der Waals surface area contributed by atoms with Gasteiger partial charge in [-0.3, -0.25) is 10.1 Å². The Morgan fingerprint density at radius 3 is 2.71 bits per heavy atom. The van der Waals surface area contributed by atoms with Gasteiger partial charge in [0.2, 0.25) is 5.89 Å². The van der Waals surface area contributed by atoms with Crippen molar-refractivity contribution in [2.45, 2.75) is 13.5 Å². The lowest BCUT2D eigenvalue weighted by Crippen LogP contribution is -2.02. The lowest BCUT2D eigenvalue weighted by atomic mass is 10.2. The number of anilines is 1. The van der Waals surface area contributed by atoms with Crippen molar-refractivity contribution in [2.75, 3.05) is 5.32 Å². The predicted molar refractivity (Wildman–Crippen MR) is 92.1 cm³/mol. The molecule has 3 rings (SSSR count). The van der Waals surface area contributed by atoms with Gasteiger partial charge in [0.15, 0.2) is 5.76 Å². The molecule has 3 aromatic rings. The van der Waals surface area contributed by atoms with Gasteiger partial charge < -0.3 is 9.73 Å². The fraction of sp³-hybridized carbons (Fsp3) is 0.118. The van der Waals surface area contributed by atoms with Gasteiger partial charge in [0.25, 0.3) is 5.69 Å². The maximum absolute atomic E-state index is 10.9. The maximum Gasteiger partial charge on any atom is 0.271 e. The lowest BCUT2D eigenvalue weighted by molar-refractivity contribution is -0.384. The number of oxazole rings is 1. The maximum atomic E-state index is 10.9. The lowest BCUT2D eigenvalue weighted by Gasteiger charge is -2.07. The van der Waals surface area contributed by atoms with Crippen LogP contribution in [0.25, 0.3) is 11.3 Å². The highest BCUT2D eigenvalue weighted by Crippen LogP contribution is 2.24. The van der Waals surface area contributed by atoms with Gasteiger partial charge in [0, 0.05) is 28.4 Å². The first-order valence-corrected chi connectivity index (χ1v) is 7.60. The summed E-state index contributed by atoms with van der Waals surface area (Å²) in [5, 5.41) is 14.6. The van der Waals surface area contributed by atoms with E-state index in [1.165, 1.54) is 12.1 Å². The molecule has 1 aromatic heterocycles. The fourth-order valence-corrected chi connectivity index (χ4v) is 2.35. The zero-order chi connectivity index (χ0) is 17.1. The first-order valence-electron chi connectivity index (χ1n) is 7.22. The molecule has 0 amide bonds. The van der Waals surface area contributed by atoms with Crippen molar-refractivity contribution < 1.29 is 9.34 Å². The molecular formula is C17H14ClN3O3. The molecule has 0 aliphatic carbocycles. The zero-order valence-corrected chi connectivity index (χ0v) is 13.6. The number of nitrogens with one attached hydrogen (secondary N) is 1. The van der Waals surface area contributed by atoms with Crippen LogP contribution in [0.1, 0.15) is 11.5 Å². The van der Waals surface area contributed by atoms with E-state index >= 15 is 0 Å². The van der Waals surface area contributed by atoms with Crippen LogP contribution >= 0.6 is 11.6 Å². The van der Waals surface area contributed by atoms with Gasteiger partial charge in [-0.25, -0.2) is 4.98 Å². The van der Waals surface area contributed by atoms with Gasteiger partial charge in [0.05, 0.1) is 17.7 Å². The zero-order valence-electron chi connectivity index (χ0n) is 12.8. The first-order chi connectivity index (χ1) is 11.5. The fourth-order valence-electron chi connectivity index (χ4n) is 2.22. The Bertz CT molecular complexity index is 875. The second kappa shape index (κ2) is 6.72. The number of nitro benzene ring substituents is 1. The molecule has 0 spiro atoms. The van der Waals surface area contributed by atoms with E-state index in [4.69, 9.17) is 16.0 Å². The third-order valence-corrected chi connectivity index (χ3v) is 3.80. The summed E-state index contributed by atoms with van der Waals surface area (Å²) in [7, 11) is 0. The largest absolute Gasteiger partial charge is 0.439 e. The van der Waals surface area contributed by atoms with Crippen molar-refractivity contribution in [3.63, 3.8) is 0 Å². The normalized spacial score (nSPS) is 10.6. The van der Waals surface area contributed by atoms with E-state index in [-0.39, 0.29) is 5.69 Å². The minimum absolute atomic E-state index is 0.0392. The summed E-state index contributed by atoms with van der Waals surface area (Å²) >= 11 is 5.87. The third-order valence-electron chi connectivity index (χ3n) is 3.54. The Morgan fingerprint density at radius 1 is 1.25 bits per heavy atom. The second-order valence-electron chi connectivity index (χ2n) is 5.24. The highest BCUT2D eigenvalue weighted by Gasteiger charge is 2.10. The Balaban J connectivity index is 1.73. The predicted octanol–water partition coefficient (Wildman–Crippen LogP) is 4.82. The molecular weight excluding hydrogens is 330 g/mol. The minimum Gasteiger partial charge on any atom is -0.439 e. The summed E-state index contributed by atoms with van der Waals surface area (Å²) in [6.45, 7) is 2.20. The Morgan fingerprint density at radius 2 is 2.00 bits per heavy atom. The molecule has 0 aliphatic heterocycles. The van der Waals surface area contributed by atoms with Crippen molar-refractivity contribution in [3.05, 3.63) is 75.3 Å². The second-order valence-corrected chi connectivity index (χ2v) is 5.67. The van der Waals surface area contributed by atoms with Crippen molar-refractivity contribution >= 4 is 23.0 Å². The van der Waals surface area contributed by atoms with Crippen molar-refractivity contribution in [1.29, 1.82) is 0 Å². The number of non-ortho nitro benzene ring substituents is 1. The molecule has 0 aliphatic rings. The summed E-state index contributed by atoms with van der Waals surface area (Å²) < 4.78 is 5.70. The molecule has 0 fully saturated rings. The highest BCUT2D eigenvalue weighted by atomic mass is 35.5. The number of aryl methyl sites for hydroxylation is 1. The molecule has 0 saturated carbocycles. The van der Waals surface area contributed by atoms with Crippen LogP contribution < -0.4 is 5.32 Å². The third kappa shape index (κ3) is 3.55. The molecule has 1 N–H and O–H groups in total. The van der Waals surface area contributed by atoms with E-state index < -0.39 is 4.92 Å². The van der Waals surface area contributed by atoms with Gasteiger partial charge in [0.1, 0.15) is 0 Å². The number of aromatic nitrogens is 1. The standard InChI is InChI=1S/C17H14ClN3O3/c1-11-2-7-14(21(22)23)8-15(11)19-10-17-20-9-16(24-17)12-3-5-13(18)6-4-12/h2-9,19H,10H2,1H3. The summed E-state index contributed by atoms with van der Waals surface area (Å²) in [5.41, 5.74) is 2.50. The molecule has 0 saturated heterocycles. The number of halogens is 1. The number of benzene rings is 2. The van der Waals surface area contributed by atoms with Crippen molar-refractivity contribution in [2.24, 2.45) is 0 Å². The van der Waals surface area contributed by atoms with Crippen molar-refractivity contribution in [1.82, 2.24) is 4.98 Å². The van der Waals surface area contributed by atoms with Gasteiger partial charge in [-0.1, -0.05) is 17.7 Å². The van der Waals surface area contributed by atoms with Crippen LogP contribution in [0.4, 0.5) is 11.4 Å². The summed E-state index contributed by atoms with van der Waals surface area (Å²) in [4.78, 5) is 14.7. The van der Waals surface area contributed by atoms with Gasteiger partial charge in [-0.2, -0.15) is 0 Å². The van der Waals surface area contributed by atoms with E-state index in [1.807, 2.05) is 19.1 Å². The molecule has 0 bridgehead atoms. The average molecular weight is 344 g/mol. The SMILES string of the molecule is Cc1ccc([N+](=O)[O-])cc1NCc1ncc(-c2ccc(Cl)cc2)o1.